The van der Waals surface area contributed by atoms with Gasteiger partial charge in [-0.15, -0.1) is 0 Å². The molecule has 2 aromatic rings. The largest absolute Gasteiger partial charge is 0.495 e. The Labute approximate surface area is 147 Å². The summed E-state index contributed by atoms with van der Waals surface area (Å²) in [4.78, 5) is 12.4. The van der Waals surface area contributed by atoms with Crippen molar-refractivity contribution in [2.45, 2.75) is 6.61 Å². The summed E-state index contributed by atoms with van der Waals surface area (Å²) < 4.78 is 35.5. The van der Waals surface area contributed by atoms with Gasteiger partial charge >= 0.3 is 0 Å². The van der Waals surface area contributed by atoms with Gasteiger partial charge in [0.15, 0.2) is 0 Å². The Kier molecular flexibility index (Phi) is 6.00. The van der Waals surface area contributed by atoms with E-state index in [1.54, 1.807) is 37.4 Å². The van der Waals surface area contributed by atoms with Crippen molar-refractivity contribution in [3.8, 4) is 5.75 Å². The van der Waals surface area contributed by atoms with Crippen LogP contribution in [0.4, 0.5) is 11.4 Å². The molecule has 1 amide bonds. The highest BCUT2D eigenvalue weighted by Crippen LogP contribution is 2.28. The van der Waals surface area contributed by atoms with E-state index in [2.05, 4.69) is 10.0 Å². The van der Waals surface area contributed by atoms with E-state index >= 15 is 0 Å². The quantitative estimate of drug-likeness (QED) is 0.787. The monoisotopic (exact) mass is 364 g/mol. The fourth-order valence-corrected chi connectivity index (χ4v) is 2.80. The van der Waals surface area contributed by atoms with Crippen molar-refractivity contribution in [1.82, 2.24) is 0 Å². The van der Waals surface area contributed by atoms with Gasteiger partial charge in [0, 0.05) is 18.4 Å². The maximum absolute atomic E-state index is 12.4. The van der Waals surface area contributed by atoms with E-state index in [-0.39, 0.29) is 11.6 Å². The molecule has 134 valence electrons. The molecule has 0 spiro atoms. The number of rotatable bonds is 7. The van der Waals surface area contributed by atoms with E-state index < -0.39 is 10.0 Å². The maximum atomic E-state index is 12.4. The van der Waals surface area contributed by atoms with Crippen LogP contribution in [0.3, 0.4) is 0 Å². The average molecular weight is 364 g/mol. The number of methoxy groups -OCH3 is 2. The Hall–Kier alpha value is -2.58. The molecule has 0 unspecified atom stereocenters. The van der Waals surface area contributed by atoms with Gasteiger partial charge in [-0.1, -0.05) is 12.1 Å². The Morgan fingerprint density at radius 3 is 2.52 bits per heavy atom. The van der Waals surface area contributed by atoms with Gasteiger partial charge in [-0.25, -0.2) is 8.42 Å². The van der Waals surface area contributed by atoms with Crippen LogP contribution in [0.5, 0.6) is 5.75 Å². The first-order valence-corrected chi connectivity index (χ1v) is 9.26. The molecule has 0 bridgehead atoms. The van der Waals surface area contributed by atoms with Gasteiger partial charge < -0.3 is 14.8 Å². The van der Waals surface area contributed by atoms with Crippen LogP contribution >= 0.6 is 0 Å². The molecule has 2 rings (SSSR count). The Morgan fingerprint density at radius 1 is 1.12 bits per heavy atom. The van der Waals surface area contributed by atoms with Crippen molar-refractivity contribution >= 4 is 27.3 Å². The van der Waals surface area contributed by atoms with Crippen LogP contribution in [0.25, 0.3) is 0 Å². The van der Waals surface area contributed by atoms with Gasteiger partial charge in [0.05, 0.1) is 25.7 Å². The molecule has 0 aliphatic carbocycles. The predicted octanol–water partition coefficient (Wildman–Crippen LogP) is 2.47. The lowest BCUT2D eigenvalue weighted by Gasteiger charge is -2.12. The molecule has 8 heteroatoms. The molecular formula is C17H20N2O5S. The van der Waals surface area contributed by atoms with Crippen LogP contribution in [0.1, 0.15) is 15.9 Å². The van der Waals surface area contributed by atoms with Crippen molar-refractivity contribution in [3.05, 3.63) is 53.6 Å². The van der Waals surface area contributed by atoms with Gasteiger partial charge in [-0.2, -0.15) is 0 Å². The van der Waals surface area contributed by atoms with Crippen LogP contribution in [0.15, 0.2) is 42.5 Å². The number of nitrogens with one attached hydrogen (secondary N) is 2. The lowest BCUT2D eigenvalue weighted by atomic mass is 10.1. The highest BCUT2D eigenvalue weighted by molar-refractivity contribution is 7.92. The van der Waals surface area contributed by atoms with Crippen LogP contribution in [0.2, 0.25) is 0 Å². The molecule has 25 heavy (non-hydrogen) atoms. The van der Waals surface area contributed by atoms with E-state index in [9.17, 15) is 13.2 Å². The van der Waals surface area contributed by atoms with E-state index in [1.807, 2.05) is 6.07 Å². The number of carbonyl (C=O) groups is 1. The first-order chi connectivity index (χ1) is 11.8. The molecule has 0 saturated carbocycles. The van der Waals surface area contributed by atoms with Gasteiger partial charge in [0.2, 0.25) is 10.0 Å². The summed E-state index contributed by atoms with van der Waals surface area (Å²) in [5.41, 5.74) is 2.04. The first-order valence-electron chi connectivity index (χ1n) is 7.37. The minimum atomic E-state index is -3.48. The molecule has 7 nitrogen and oxygen atoms in total. The van der Waals surface area contributed by atoms with Gasteiger partial charge in [0.25, 0.3) is 5.91 Å². The smallest absolute Gasteiger partial charge is 0.255 e. The third-order valence-corrected chi connectivity index (χ3v) is 3.84. The zero-order valence-electron chi connectivity index (χ0n) is 14.2. The van der Waals surface area contributed by atoms with E-state index in [0.717, 1.165) is 11.8 Å². The molecule has 0 aliphatic rings. The van der Waals surface area contributed by atoms with Crippen molar-refractivity contribution in [2.24, 2.45) is 0 Å². The number of hydrogen-bond donors (Lipinski definition) is 2. The molecule has 2 aromatic carbocycles. The fraction of sp³-hybridized carbons (Fsp3) is 0.235. The molecule has 0 heterocycles. The summed E-state index contributed by atoms with van der Waals surface area (Å²) in [5.74, 6) is 0.0407. The van der Waals surface area contributed by atoms with Crippen LogP contribution in [0, 0.1) is 0 Å². The number of amides is 1. The third-order valence-electron chi connectivity index (χ3n) is 3.25. The van der Waals surface area contributed by atoms with Gasteiger partial charge in [0.1, 0.15) is 5.75 Å². The van der Waals surface area contributed by atoms with Crippen LogP contribution < -0.4 is 14.8 Å². The van der Waals surface area contributed by atoms with Crippen molar-refractivity contribution in [2.75, 3.05) is 30.5 Å². The number of benzene rings is 2. The van der Waals surface area contributed by atoms with E-state index in [1.165, 1.54) is 13.2 Å². The summed E-state index contributed by atoms with van der Waals surface area (Å²) in [6.45, 7) is 0.409. The van der Waals surface area contributed by atoms with E-state index in [4.69, 9.17) is 9.47 Å². The second-order valence-corrected chi connectivity index (χ2v) is 7.13. The fourth-order valence-electron chi connectivity index (χ4n) is 2.24. The number of hydrogen-bond acceptors (Lipinski definition) is 5. The molecule has 0 aromatic heterocycles. The topological polar surface area (TPSA) is 93.7 Å². The molecule has 0 radical (unpaired) electrons. The van der Waals surface area contributed by atoms with Crippen molar-refractivity contribution < 1.29 is 22.7 Å². The normalized spacial score (nSPS) is 11.0. The molecule has 0 saturated heterocycles. The van der Waals surface area contributed by atoms with Gasteiger partial charge in [-0.05, 0) is 35.9 Å². The summed E-state index contributed by atoms with van der Waals surface area (Å²) in [6.07, 6.45) is 1.04. The predicted molar refractivity (Wildman–Crippen MR) is 96.6 cm³/mol. The second-order valence-electron chi connectivity index (χ2n) is 5.38. The lowest BCUT2D eigenvalue weighted by molar-refractivity contribution is 0.102. The Morgan fingerprint density at radius 2 is 1.88 bits per heavy atom. The molecule has 0 atom stereocenters. The average Bonchev–Trinajstić information content (AvgIpc) is 2.54. The minimum Gasteiger partial charge on any atom is -0.495 e. The molecule has 2 N–H and O–H groups in total. The summed E-state index contributed by atoms with van der Waals surface area (Å²) in [6, 6.07) is 11.8. The molecule has 0 fully saturated rings. The van der Waals surface area contributed by atoms with Crippen LogP contribution in [-0.4, -0.2) is 34.8 Å². The highest BCUT2D eigenvalue weighted by atomic mass is 32.2. The highest BCUT2D eigenvalue weighted by Gasteiger charge is 2.12. The molecule has 0 aliphatic heterocycles. The SMILES string of the molecule is COCc1cccc(C(=O)Nc2ccc(OC)c(NS(C)(=O)=O)c2)c1. The van der Waals surface area contributed by atoms with Crippen molar-refractivity contribution in [3.63, 3.8) is 0 Å². The number of carbonyl (C=O) groups excluding carboxylic acids is 1. The summed E-state index contributed by atoms with van der Waals surface area (Å²) in [5, 5.41) is 2.73. The lowest BCUT2D eigenvalue weighted by Crippen LogP contribution is -2.14. The number of ether oxygens (including phenoxy) is 2. The van der Waals surface area contributed by atoms with E-state index in [0.29, 0.717) is 23.6 Å². The first kappa shape index (κ1) is 18.8. The minimum absolute atomic E-state index is 0.246. The number of anilines is 2. The van der Waals surface area contributed by atoms with Crippen LogP contribution in [-0.2, 0) is 21.4 Å². The summed E-state index contributed by atoms with van der Waals surface area (Å²) in [7, 11) is -0.459. The summed E-state index contributed by atoms with van der Waals surface area (Å²) >= 11 is 0. The Bertz CT molecular complexity index is 865. The molecular weight excluding hydrogens is 344 g/mol. The number of sulfonamides is 1. The van der Waals surface area contributed by atoms with Crippen molar-refractivity contribution in [1.29, 1.82) is 0 Å². The Balaban J connectivity index is 2.23. The maximum Gasteiger partial charge on any atom is 0.255 e. The second kappa shape index (κ2) is 8.00. The zero-order valence-corrected chi connectivity index (χ0v) is 15.0. The zero-order chi connectivity index (χ0) is 18.4. The standard InChI is InChI=1S/C17H20N2O5S/c1-23-11-12-5-4-6-13(9-12)17(20)18-14-7-8-16(24-2)15(10-14)19-25(3,21)22/h4-10,19H,11H2,1-3H3,(H,18,20). The third kappa shape index (κ3) is 5.47. The van der Waals surface area contributed by atoms with Gasteiger partial charge in [-0.3, -0.25) is 9.52 Å².